The van der Waals surface area contributed by atoms with Crippen molar-refractivity contribution < 1.29 is 28.3 Å². The van der Waals surface area contributed by atoms with E-state index in [2.05, 4.69) is 5.32 Å². The molecule has 0 fully saturated rings. The van der Waals surface area contributed by atoms with Crippen molar-refractivity contribution in [3.8, 4) is 0 Å². The van der Waals surface area contributed by atoms with E-state index in [1.807, 2.05) is 13.0 Å². The van der Waals surface area contributed by atoms with Gasteiger partial charge in [-0.3, -0.25) is 14.9 Å². The molecule has 0 aliphatic rings. The second-order valence-electron chi connectivity index (χ2n) is 6.64. The van der Waals surface area contributed by atoms with Crippen molar-refractivity contribution in [3.05, 3.63) is 62.1 Å². The minimum Gasteiger partial charge on any atom is -0.461 e. The Morgan fingerprint density at radius 3 is 2.58 bits per heavy atom. The third kappa shape index (κ3) is 6.02. The summed E-state index contributed by atoms with van der Waals surface area (Å²) in [5.74, 6) is -0.647. The number of hydrogen-bond acceptors (Lipinski definition) is 8. The van der Waals surface area contributed by atoms with E-state index in [1.165, 1.54) is 23.5 Å². The summed E-state index contributed by atoms with van der Waals surface area (Å²) in [5.41, 5.74) is 0.472. The predicted octanol–water partition coefficient (Wildman–Crippen LogP) is 4.44. The Morgan fingerprint density at radius 1 is 1.06 bits per heavy atom. The third-order valence-electron chi connectivity index (χ3n) is 4.31. The van der Waals surface area contributed by atoms with Crippen LogP contribution in [0.5, 0.6) is 0 Å². The monoisotopic (exact) mass is 443 g/mol. The molecule has 1 amide bonds. The summed E-state index contributed by atoms with van der Waals surface area (Å²) in [4.78, 5) is 49.3. The zero-order chi connectivity index (χ0) is 22.4. The largest absolute Gasteiger partial charge is 0.461 e. The molecule has 0 aliphatic carbocycles. The molecule has 0 bridgehead atoms. The number of anilines is 1. The number of carbonyl (C=O) groups is 3. The Kier molecular flexibility index (Phi) is 7.19. The molecule has 0 spiro atoms. The van der Waals surface area contributed by atoms with E-state index in [1.54, 1.807) is 25.1 Å². The Labute approximate surface area is 181 Å². The van der Waals surface area contributed by atoms with Crippen molar-refractivity contribution in [2.45, 2.75) is 33.3 Å². The van der Waals surface area contributed by atoms with Gasteiger partial charge in [0.15, 0.2) is 5.78 Å². The van der Waals surface area contributed by atoms with E-state index >= 15 is 0 Å². The average molecular weight is 443 g/mol. The number of Topliss-reactive ketones (excluding diaryl/α,β-unsaturated/α-hetero) is 1. The first-order valence-corrected chi connectivity index (χ1v) is 10.4. The number of rotatable bonds is 8. The molecule has 0 saturated heterocycles. The first-order valence-electron chi connectivity index (χ1n) is 9.61. The molecule has 3 aromatic rings. The molecule has 0 radical (unpaired) electrons. The van der Waals surface area contributed by atoms with E-state index in [0.29, 0.717) is 21.5 Å². The summed E-state index contributed by atoms with van der Waals surface area (Å²) in [6, 6.07) is 9.59. The van der Waals surface area contributed by atoms with Gasteiger partial charge in [0.25, 0.3) is 0 Å². The number of nitrogens with one attached hydrogen (secondary N) is 1. The minimum absolute atomic E-state index is 0.0528. The van der Waals surface area contributed by atoms with Crippen molar-refractivity contribution in [1.82, 2.24) is 0 Å². The summed E-state index contributed by atoms with van der Waals surface area (Å²) in [7, 11) is 0. The van der Waals surface area contributed by atoms with Gasteiger partial charge in [-0.1, -0.05) is 0 Å². The SMILES string of the molecule is CCOC(=O)Nc1ccc2c(COC(=O)CCC(=O)c3ccc(C)s3)cc(=O)oc2c1. The number of ketones is 1. The normalized spacial score (nSPS) is 10.6. The summed E-state index contributed by atoms with van der Waals surface area (Å²) >= 11 is 1.39. The molecule has 0 aliphatic heterocycles. The van der Waals surface area contributed by atoms with Gasteiger partial charge in [-0.2, -0.15) is 0 Å². The fraction of sp³-hybridized carbons (Fsp3) is 0.273. The number of benzene rings is 1. The van der Waals surface area contributed by atoms with Crippen LogP contribution in [0, 0.1) is 6.92 Å². The fourth-order valence-electron chi connectivity index (χ4n) is 2.87. The Morgan fingerprint density at radius 2 is 1.87 bits per heavy atom. The zero-order valence-electron chi connectivity index (χ0n) is 17.1. The topological polar surface area (TPSA) is 112 Å². The molecule has 0 atom stereocenters. The quantitative estimate of drug-likeness (QED) is 0.311. The smallest absolute Gasteiger partial charge is 0.411 e. The summed E-state index contributed by atoms with van der Waals surface area (Å²) < 4.78 is 15.3. The highest BCUT2D eigenvalue weighted by atomic mass is 32.1. The van der Waals surface area contributed by atoms with E-state index in [9.17, 15) is 19.2 Å². The second kappa shape index (κ2) is 10.0. The number of thiophene rings is 1. The number of fused-ring (bicyclic) bond motifs is 1. The van der Waals surface area contributed by atoms with E-state index in [4.69, 9.17) is 13.9 Å². The highest BCUT2D eigenvalue weighted by molar-refractivity contribution is 7.14. The van der Waals surface area contributed by atoms with Crippen LogP contribution in [0.3, 0.4) is 0 Å². The lowest BCUT2D eigenvalue weighted by atomic mass is 10.1. The molecule has 31 heavy (non-hydrogen) atoms. The lowest BCUT2D eigenvalue weighted by Gasteiger charge is -2.09. The minimum atomic E-state index is -0.624. The van der Waals surface area contributed by atoms with Crippen LogP contribution in [-0.2, 0) is 20.9 Å². The van der Waals surface area contributed by atoms with Gasteiger partial charge in [-0.25, -0.2) is 9.59 Å². The van der Waals surface area contributed by atoms with Crippen LogP contribution < -0.4 is 10.9 Å². The molecule has 0 unspecified atom stereocenters. The van der Waals surface area contributed by atoms with Crippen LogP contribution in [-0.4, -0.2) is 24.5 Å². The maximum atomic E-state index is 12.1. The summed E-state index contributed by atoms with van der Waals surface area (Å²) in [5, 5.41) is 3.09. The molecule has 2 aromatic heterocycles. The van der Waals surface area contributed by atoms with E-state index in [0.717, 1.165) is 4.88 Å². The Bertz CT molecular complexity index is 1180. The van der Waals surface area contributed by atoms with Crippen molar-refractivity contribution in [2.75, 3.05) is 11.9 Å². The molecule has 8 nitrogen and oxygen atoms in total. The van der Waals surface area contributed by atoms with Gasteiger partial charge >= 0.3 is 17.7 Å². The van der Waals surface area contributed by atoms with E-state index < -0.39 is 17.7 Å². The Balaban J connectivity index is 1.64. The molecule has 1 aromatic carbocycles. The maximum absolute atomic E-state index is 12.1. The van der Waals surface area contributed by atoms with Gasteiger partial charge in [0, 0.05) is 40.1 Å². The highest BCUT2D eigenvalue weighted by Crippen LogP contribution is 2.22. The van der Waals surface area contributed by atoms with Crippen molar-refractivity contribution in [2.24, 2.45) is 0 Å². The van der Waals surface area contributed by atoms with Crippen LogP contribution in [0.1, 0.15) is 39.9 Å². The standard InChI is InChI=1S/C22H21NO7S/c1-3-28-22(27)23-15-5-6-16-14(10-21(26)30-18(16)11-15)12-29-20(25)9-7-17(24)19-8-4-13(2)31-19/h4-6,8,10-11H,3,7,9,12H2,1-2H3,(H,23,27). The van der Waals surface area contributed by atoms with Crippen LogP contribution >= 0.6 is 11.3 Å². The lowest BCUT2D eigenvalue weighted by molar-refractivity contribution is -0.144. The second-order valence-corrected chi connectivity index (χ2v) is 7.93. The fourth-order valence-corrected chi connectivity index (χ4v) is 3.70. The van der Waals surface area contributed by atoms with Gasteiger partial charge in [-0.05, 0) is 38.1 Å². The first-order chi connectivity index (χ1) is 14.9. The molecule has 1 N–H and O–H groups in total. The number of amides is 1. The molecular weight excluding hydrogens is 422 g/mol. The van der Waals surface area contributed by atoms with Gasteiger partial charge in [0.2, 0.25) is 0 Å². The zero-order valence-corrected chi connectivity index (χ0v) is 17.9. The number of hydrogen-bond donors (Lipinski definition) is 1. The number of ether oxygens (including phenoxy) is 2. The van der Waals surface area contributed by atoms with Crippen LogP contribution in [0.2, 0.25) is 0 Å². The van der Waals surface area contributed by atoms with Crippen LogP contribution in [0.4, 0.5) is 10.5 Å². The maximum Gasteiger partial charge on any atom is 0.411 e. The average Bonchev–Trinajstić information content (AvgIpc) is 3.16. The number of esters is 1. The van der Waals surface area contributed by atoms with E-state index in [-0.39, 0.29) is 37.4 Å². The van der Waals surface area contributed by atoms with Crippen LogP contribution in [0.15, 0.2) is 45.6 Å². The first kappa shape index (κ1) is 22.2. The molecule has 9 heteroatoms. The van der Waals surface area contributed by atoms with Gasteiger partial charge in [0.1, 0.15) is 12.2 Å². The van der Waals surface area contributed by atoms with Gasteiger partial charge < -0.3 is 13.9 Å². The number of aryl methyl sites for hydroxylation is 1. The van der Waals surface area contributed by atoms with Crippen molar-refractivity contribution in [1.29, 1.82) is 0 Å². The summed E-state index contributed by atoms with van der Waals surface area (Å²) in [6.07, 6.45) is -0.621. The van der Waals surface area contributed by atoms with Crippen molar-refractivity contribution >= 4 is 45.8 Å². The molecular formula is C22H21NO7S. The molecule has 0 saturated carbocycles. The molecule has 3 rings (SSSR count). The number of carbonyl (C=O) groups excluding carboxylic acids is 3. The third-order valence-corrected chi connectivity index (χ3v) is 5.35. The predicted molar refractivity (Wildman–Crippen MR) is 116 cm³/mol. The van der Waals surface area contributed by atoms with Gasteiger partial charge in [-0.15, -0.1) is 11.3 Å². The van der Waals surface area contributed by atoms with Gasteiger partial charge in [0.05, 0.1) is 17.9 Å². The molecule has 162 valence electrons. The van der Waals surface area contributed by atoms with Crippen LogP contribution in [0.25, 0.3) is 11.0 Å². The lowest BCUT2D eigenvalue weighted by Crippen LogP contribution is -2.13. The van der Waals surface area contributed by atoms with Crippen molar-refractivity contribution in [3.63, 3.8) is 0 Å². The molecule has 2 heterocycles. The Hall–Kier alpha value is -3.46. The summed E-state index contributed by atoms with van der Waals surface area (Å²) in [6.45, 7) is 3.68. The highest BCUT2D eigenvalue weighted by Gasteiger charge is 2.14.